The van der Waals surface area contributed by atoms with Gasteiger partial charge in [-0.2, -0.15) is 4.98 Å². The maximum atomic E-state index is 10.2. The fourth-order valence-electron chi connectivity index (χ4n) is 0.456. The van der Waals surface area contributed by atoms with Crippen molar-refractivity contribution >= 4 is 21.9 Å². The van der Waals surface area contributed by atoms with E-state index in [0.29, 0.717) is 4.73 Å². The van der Waals surface area contributed by atoms with Gasteiger partial charge in [0, 0.05) is 7.05 Å². The van der Waals surface area contributed by atoms with E-state index in [4.69, 9.17) is 5.11 Å². The summed E-state index contributed by atoms with van der Waals surface area (Å²) in [5.41, 5.74) is 0. The molecule has 11 heavy (non-hydrogen) atoms. The lowest BCUT2D eigenvalue weighted by atomic mass is 10.7. The fraction of sp³-hybridized carbons (Fsp3) is 0.250. The molecule has 6 nitrogen and oxygen atoms in total. The predicted octanol–water partition coefficient (Wildman–Crippen LogP) is -0.549. The highest BCUT2D eigenvalue weighted by molar-refractivity contribution is 9.10. The number of aromatic nitrogens is 3. The number of carboxylic acid groups (broad SMARTS) is 1. The fourth-order valence-corrected chi connectivity index (χ4v) is 0.703. The standard InChI is InChI=1S/C4H4BrN3O2.H2O/c1-8-4(5)6-2(7-8)3(9)10;/h1H3,(H,9,10);1H2. The average molecular weight is 224 g/mol. The number of aryl methyl sites for hydroxylation is 1. The van der Waals surface area contributed by atoms with Crippen LogP contribution in [0.4, 0.5) is 0 Å². The first kappa shape index (κ1) is 10.0. The van der Waals surface area contributed by atoms with Gasteiger partial charge in [-0.3, -0.25) is 0 Å². The van der Waals surface area contributed by atoms with Crippen molar-refractivity contribution in [1.82, 2.24) is 14.8 Å². The third kappa shape index (κ3) is 1.99. The topological polar surface area (TPSA) is 99.5 Å². The van der Waals surface area contributed by atoms with Gasteiger partial charge in [-0.05, 0) is 15.9 Å². The highest BCUT2D eigenvalue weighted by Crippen LogP contribution is 2.03. The van der Waals surface area contributed by atoms with Crippen LogP contribution in [0.5, 0.6) is 0 Å². The van der Waals surface area contributed by atoms with Gasteiger partial charge in [0.1, 0.15) is 0 Å². The summed E-state index contributed by atoms with van der Waals surface area (Å²) in [5.74, 6) is -1.32. The van der Waals surface area contributed by atoms with E-state index in [1.807, 2.05) is 0 Å². The van der Waals surface area contributed by atoms with Crippen LogP contribution in [-0.2, 0) is 7.05 Å². The van der Waals surface area contributed by atoms with Crippen molar-refractivity contribution in [3.05, 3.63) is 10.6 Å². The van der Waals surface area contributed by atoms with E-state index in [1.165, 1.54) is 4.68 Å². The van der Waals surface area contributed by atoms with E-state index in [2.05, 4.69) is 26.0 Å². The lowest BCUT2D eigenvalue weighted by Gasteiger charge is -1.83. The molecule has 0 saturated carbocycles. The number of aromatic carboxylic acids is 1. The van der Waals surface area contributed by atoms with Crippen LogP contribution in [0.25, 0.3) is 0 Å². The third-order valence-electron chi connectivity index (χ3n) is 0.901. The summed E-state index contributed by atoms with van der Waals surface area (Å²) in [6.45, 7) is 0. The van der Waals surface area contributed by atoms with Crippen LogP contribution in [-0.4, -0.2) is 31.3 Å². The first-order valence-corrected chi connectivity index (χ1v) is 3.20. The van der Waals surface area contributed by atoms with E-state index >= 15 is 0 Å². The monoisotopic (exact) mass is 223 g/mol. The summed E-state index contributed by atoms with van der Waals surface area (Å²) >= 11 is 3.01. The Morgan fingerprint density at radius 1 is 1.73 bits per heavy atom. The van der Waals surface area contributed by atoms with Crippen molar-refractivity contribution in [1.29, 1.82) is 0 Å². The summed E-state index contributed by atoms with van der Waals surface area (Å²) in [6.07, 6.45) is 0. The van der Waals surface area contributed by atoms with E-state index < -0.39 is 5.97 Å². The van der Waals surface area contributed by atoms with Crippen molar-refractivity contribution in [2.45, 2.75) is 0 Å². The molecule has 0 amide bonds. The molecule has 7 heteroatoms. The maximum Gasteiger partial charge on any atom is 0.375 e. The highest BCUT2D eigenvalue weighted by Gasteiger charge is 2.10. The van der Waals surface area contributed by atoms with Gasteiger partial charge in [-0.1, -0.05) is 0 Å². The number of rotatable bonds is 1. The molecule has 62 valence electrons. The molecular weight excluding hydrogens is 218 g/mol. The smallest absolute Gasteiger partial charge is 0.375 e. The second-order valence-electron chi connectivity index (χ2n) is 1.63. The molecule has 0 aromatic carbocycles. The van der Waals surface area contributed by atoms with Crippen molar-refractivity contribution in [3.8, 4) is 0 Å². The van der Waals surface area contributed by atoms with Crippen molar-refractivity contribution in [2.24, 2.45) is 7.05 Å². The van der Waals surface area contributed by atoms with Gasteiger partial charge < -0.3 is 10.6 Å². The minimum atomic E-state index is -1.12. The molecule has 1 aromatic heterocycles. The molecule has 0 saturated heterocycles. The molecule has 1 heterocycles. The molecule has 0 spiro atoms. The lowest BCUT2D eigenvalue weighted by Crippen LogP contribution is -2.00. The lowest BCUT2D eigenvalue weighted by molar-refractivity contribution is 0.0683. The highest BCUT2D eigenvalue weighted by atomic mass is 79.9. The third-order valence-corrected chi connectivity index (χ3v) is 1.59. The molecule has 0 aliphatic heterocycles. The minimum absolute atomic E-state index is 0. The molecule has 0 atom stereocenters. The van der Waals surface area contributed by atoms with Gasteiger partial charge >= 0.3 is 5.97 Å². The number of nitrogens with zero attached hydrogens (tertiary/aromatic N) is 3. The quantitative estimate of drug-likeness (QED) is 0.691. The minimum Gasteiger partial charge on any atom is -0.475 e. The number of carboxylic acids is 1. The molecule has 1 aromatic rings. The number of hydrogen-bond donors (Lipinski definition) is 1. The van der Waals surface area contributed by atoms with Gasteiger partial charge in [-0.15, -0.1) is 5.10 Å². The van der Waals surface area contributed by atoms with Gasteiger partial charge in [-0.25, -0.2) is 9.48 Å². The number of halogens is 1. The van der Waals surface area contributed by atoms with E-state index in [1.54, 1.807) is 7.05 Å². The van der Waals surface area contributed by atoms with Crippen LogP contribution in [0.2, 0.25) is 0 Å². The normalized spacial score (nSPS) is 8.91. The van der Waals surface area contributed by atoms with E-state index in [-0.39, 0.29) is 11.3 Å². The summed E-state index contributed by atoms with van der Waals surface area (Å²) in [5, 5.41) is 11.9. The maximum absolute atomic E-state index is 10.2. The molecular formula is C4H6BrN3O3. The zero-order valence-electron chi connectivity index (χ0n) is 5.58. The summed E-state index contributed by atoms with van der Waals surface area (Å²) in [4.78, 5) is 13.8. The Morgan fingerprint density at radius 2 is 2.27 bits per heavy atom. The molecule has 0 aliphatic carbocycles. The van der Waals surface area contributed by atoms with Crippen LogP contribution in [0.1, 0.15) is 10.6 Å². The Labute approximate surface area is 70.3 Å². The Balaban J connectivity index is 0.000001000. The Hall–Kier alpha value is -0.950. The Bertz CT molecular complexity index is 252. The first-order valence-electron chi connectivity index (χ1n) is 2.41. The first-order chi connectivity index (χ1) is 4.61. The van der Waals surface area contributed by atoms with Crippen molar-refractivity contribution < 1.29 is 15.4 Å². The number of carbonyl (C=O) groups is 1. The Morgan fingerprint density at radius 3 is 2.45 bits per heavy atom. The van der Waals surface area contributed by atoms with Crippen LogP contribution < -0.4 is 0 Å². The van der Waals surface area contributed by atoms with Crippen LogP contribution in [0, 0.1) is 0 Å². The van der Waals surface area contributed by atoms with E-state index in [9.17, 15) is 4.79 Å². The van der Waals surface area contributed by atoms with Gasteiger partial charge in [0.05, 0.1) is 0 Å². The predicted molar refractivity (Wildman–Crippen MR) is 39.3 cm³/mol. The van der Waals surface area contributed by atoms with Gasteiger partial charge in [0.25, 0.3) is 5.82 Å². The van der Waals surface area contributed by atoms with Gasteiger partial charge in [0.2, 0.25) is 0 Å². The molecule has 0 unspecified atom stereocenters. The SMILES string of the molecule is Cn1nc(C(=O)O)nc1Br.O. The van der Waals surface area contributed by atoms with Crippen LogP contribution in [0.15, 0.2) is 4.73 Å². The largest absolute Gasteiger partial charge is 0.475 e. The molecule has 0 radical (unpaired) electrons. The molecule has 0 fully saturated rings. The molecule has 0 aliphatic rings. The second-order valence-corrected chi connectivity index (χ2v) is 2.34. The Kier molecular flexibility index (Phi) is 3.15. The van der Waals surface area contributed by atoms with E-state index in [0.717, 1.165) is 0 Å². The van der Waals surface area contributed by atoms with Crippen molar-refractivity contribution in [3.63, 3.8) is 0 Å². The molecule has 1 rings (SSSR count). The molecule has 3 N–H and O–H groups in total. The zero-order chi connectivity index (χ0) is 7.72. The van der Waals surface area contributed by atoms with Crippen LogP contribution >= 0.6 is 15.9 Å². The molecule has 0 bridgehead atoms. The second kappa shape index (κ2) is 3.44. The summed E-state index contributed by atoms with van der Waals surface area (Å²) in [7, 11) is 1.60. The zero-order valence-corrected chi connectivity index (χ0v) is 7.16. The summed E-state index contributed by atoms with van der Waals surface area (Å²) in [6, 6.07) is 0. The summed E-state index contributed by atoms with van der Waals surface area (Å²) < 4.78 is 1.74. The van der Waals surface area contributed by atoms with Crippen LogP contribution in [0.3, 0.4) is 0 Å². The van der Waals surface area contributed by atoms with Gasteiger partial charge in [0.15, 0.2) is 4.73 Å². The average Bonchev–Trinajstić information content (AvgIpc) is 2.13. The number of hydrogen-bond acceptors (Lipinski definition) is 3. The van der Waals surface area contributed by atoms with Crippen molar-refractivity contribution in [2.75, 3.05) is 0 Å².